The van der Waals surface area contributed by atoms with E-state index >= 15 is 0 Å². The molecule has 1 aliphatic rings. The minimum atomic E-state index is -0.109. The molecule has 1 aliphatic heterocycles. The highest BCUT2D eigenvalue weighted by atomic mass is 16.2. The molecule has 8 nitrogen and oxygen atoms in total. The lowest BCUT2D eigenvalue weighted by Crippen LogP contribution is -2.49. The zero-order valence-electron chi connectivity index (χ0n) is 18.4. The van der Waals surface area contributed by atoms with Crippen molar-refractivity contribution in [2.45, 2.75) is 25.8 Å². The fourth-order valence-electron chi connectivity index (χ4n) is 4.27. The number of carbonyl (C=O) groups excluding carboxylic acids is 1. The van der Waals surface area contributed by atoms with Crippen LogP contribution in [0.1, 0.15) is 28.8 Å². The zero-order chi connectivity index (χ0) is 22.6. The summed E-state index contributed by atoms with van der Waals surface area (Å²) in [6, 6.07) is 13.4. The fourth-order valence-corrected chi connectivity index (χ4v) is 4.27. The average Bonchev–Trinajstić information content (AvgIpc) is 2.86. The third kappa shape index (κ3) is 4.38. The minimum absolute atomic E-state index is 0.0134. The van der Waals surface area contributed by atoms with E-state index in [0.29, 0.717) is 23.1 Å². The van der Waals surface area contributed by atoms with Crippen molar-refractivity contribution >= 4 is 34.3 Å². The van der Waals surface area contributed by atoms with Crippen molar-refractivity contribution in [3.8, 4) is 0 Å². The van der Waals surface area contributed by atoms with E-state index in [0.717, 1.165) is 42.3 Å². The highest BCUT2D eigenvalue weighted by Crippen LogP contribution is 2.31. The van der Waals surface area contributed by atoms with Crippen LogP contribution in [0.5, 0.6) is 0 Å². The molecule has 0 saturated carbocycles. The van der Waals surface area contributed by atoms with Gasteiger partial charge in [0.25, 0.3) is 5.91 Å². The van der Waals surface area contributed by atoms with Crippen LogP contribution in [0.4, 0.5) is 17.6 Å². The van der Waals surface area contributed by atoms with Gasteiger partial charge in [0.2, 0.25) is 5.95 Å². The third-order valence-corrected chi connectivity index (χ3v) is 5.88. The number of pyridine rings is 2. The molecule has 1 aromatic carbocycles. The molecular weight excluding hydrogens is 414 g/mol. The number of benzene rings is 1. The molecule has 1 fully saturated rings. The number of nitrogens with one attached hydrogen (secondary N) is 2. The van der Waals surface area contributed by atoms with E-state index in [1.54, 1.807) is 43.0 Å². The number of carbonyl (C=O) groups is 1. The van der Waals surface area contributed by atoms with E-state index in [1.807, 2.05) is 17.0 Å². The Hall–Kier alpha value is -3.91. The smallest absolute Gasteiger partial charge is 0.261 e. The maximum Gasteiger partial charge on any atom is 0.261 e. The van der Waals surface area contributed by atoms with Crippen LogP contribution in [0.25, 0.3) is 10.8 Å². The van der Waals surface area contributed by atoms with E-state index in [-0.39, 0.29) is 11.9 Å². The first-order valence-electron chi connectivity index (χ1n) is 11.1. The Bertz CT molecular complexity index is 1250. The summed E-state index contributed by atoms with van der Waals surface area (Å²) in [6.45, 7) is 3.75. The van der Waals surface area contributed by atoms with E-state index < -0.39 is 0 Å². The molecule has 3 aromatic heterocycles. The van der Waals surface area contributed by atoms with Gasteiger partial charge in [-0.15, -0.1) is 0 Å². The SMILES string of the molecule is Cc1cccc2ccnc(N(C(=O)c3ccc(Nc4ncccn4)nc3)[C@@H]3CCCNC3)c12. The summed E-state index contributed by atoms with van der Waals surface area (Å²) in [6.07, 6.45) is 8.61. The van der Waals surface area contributed by atoms with Gasteiger partial charge in [-0.2, -0.15) is 0 Å². The quantitative estimate of drug-likeness (QED) is 0.487. The van der Waals surface area contributed by atoms with E-state index in [4.69, 9.17) is 4.98 Å². The van der Waals surface area contributed by atoms with Gasteiger partial charge < -0.3 is 10.6 Å². The molecule has 1 saturated heterocycles. The molecule has 4 heterocycles. The molecule has 5 rings (SSSR count). The van der Waals surface area contributed by atoms with Crippen LogP contribution in [0.15, 0.2) is 67.3 Å². The molecule has 0 aliphatic carbocycles. The molecule has 0 radical (unpaired) electrons. The van der Waals surface area contributed by atoms with Crippen molar-refractivity contribution in [1.82, 2.24) is 25.3 Å². The van der Waals surface area contributed by atoms with Gasteiger partial charge in [0, 0.05) is 36.7 Å². The molecule has 1 amide bonds. The monoisotopic (exact) mass is 439 g/mol. The predicted molar refractivity (Wildman–Crippen MR) is 129 cm³/mol. The van der Waals surface area contributed by atoms with Gasteiger partial charge in [0.15, 0.2) is 0 Å². The first-order valence-corrected chi connectivity index (χ1v) is 11.1. The van der Waals surface area contributed by atoms with Gasteiger partial charge in [-0.1, -0.05) is 18.2 Å². The number of piperidine rings is 1. The molecule has 33 heavy (non-hydrogen) atoms. The second-order valence-electron chi connectivity index (χ2n) is 8.11. The number of nitrogens with zero attached hydrogens (tertiary/aromatic N) is 5. The summed E-state index contributed by atoms with van der Waals surface area (Å²) in [7, 11) is 0. The topological polar surface area (TPSA) is 95.9 Å². The fraction of sp³-hybridized carbons (Fsp3) is 0.240. The molecule has 0 spiro atoms. The third-order valence-electron chi connectivity index (χ3n) is 5.88. The molecule has 8 heteroatoms. The lowest BCUT2D eigenvalue weighted by Gasteiger charge is -2.34. The molecule has 1 atom stereocenters. The summed E-state index contributed by atoms with van der Waals surface area (Å²) in [5.74, 6) is 1.61. The van der Waals surface area contributed by atoms with Gasteiger partial charge in [0.05, 0.1) is 11.6 Å². The molecule has 166 valence electrons. The molecule has 0 unspecified atom stereocenters. The standard InChI is InChI=1S/C25H25N7O/c1-17-5-2-6-18-10-14-27-23(22(17)18)32(20-7-3-11-26-16-20)24(33)19-8-9-21(30-15-19)31-25-28-12-4-13-29-25/h2,4-6,8-10,12-15,20,26H,3,7,11,16H2,1H3,(H,28,29,30,31)/t20-/m1/s1. The summed E-state index contributed by atoms with van der Waals surface area (Å²) in [5, 5.41) is 8.55. The van der Waals surface area contributed by atoms with Gasteiger partial charge in [-0.25, -0.2) is 19.9 Å². The van der Waals surface area contributed by atoms with E-state index in [1.165, 1.54) is 0 Å². The largest absolute Gasteiger partial charge is 0.315 e. The molecule has 2 N–H and O–H groups in total. The minimum Gasteiger partial charge on any atom is -0.315 e. The summed E-state index contributed by atoms with van der Waals surface area (Å²) in [5.41, 5.74) is 1.60. The van der Waals surface area contributed by atoms with Crippen molar-refractivity contribution in [2.24, 2.45) is 0 Å². The van der Waals surface area contributed by atoms with Crippen molar-refractivity contribution < 1.29 is 4.79 Å². The van der Waals surface area contributed by atoms with Crippen LogP contribution >= 0.6 is 0 Å². The van der Waals surface area contributed by atoms with Crippen LogP contribution < -0.4 is 15.5 Å². The second kappa shape index (κ2) is 9.30. The number of hydrogen-bond donors (Lipinski definition) is 2. The Morgan fingerprint density at radius 3 is 2.67 bits per heavy atom. The van der Waals surface area contributed by atoms with Crippen LogP contribution in [-0.4, -0.2) is 45.0 Å². The highest BCUT2D eigenvalue weighted by molar-refractivity contribution is 6.10. The predicted octanol–water partition coefficient (Wildman–Crippen LogP) is 3.87. The van der Waals surface area contributed by atoms with Gasteiger partial charge in [-0.05, 0) is 61.5 Å². The Kier molecular flexibility index (Phi) is 5.91. The summed E-state index contributed by atoms with van der Waals surface area (Å²) >= 11 is 0. The Balaban J connectivity index is 1.51. The number of fused-ring (bicyclic) bond motifs is 1. The Labute approximate surface area is 192 Å². The van der Waals surface area contributed by atoms with Crippen LogP contribution in [0.3, 0.4) is 0 Å². The van der Waals surface area contributed by atoms with Gasteiger partial charge in [0.1, 0.15) is 11.6 Å². The number of amides is 1. The first kappa shape index (κ1) is 21.0. The Morgan fingerprint density at radius 1 is 1.03 bits per heavy atom. The Morgan fingerprint density at radius 2 is 1.91 bits per heavy atom. The number of aromatic nitrogens is 4. The van der Waals surface area contributed by atoms with Gasteiger partial charge >= 0.3 is 0 Å². The van der Waals surface area contributed by atoms with Crippen LogP contribution in [0, 0.1) is 6.92 Å². The average molecular weight is 440 g/mol. The first-order chi connectivity index (χ1) is 16.2. The number of hydrogen-bond acceptors (Lipinski definition) is 7. The van der Waals surface area contributed by atoms with Crippen molar-refractivity contribution in [3.05, 3.63) is 78.4 Å². The number of aryl methyl sites for hydroxylation is 1. The summed E-state index contributed by atoms with van der Waals surface area (Å²) < 4.78 is 0. The highest BCUT2D eigenvalue weighted by Gasteiger charge is 2.30. The normalized spacial score (nSPS) is 15.8. The van der Waals surface area contributed by atoms with Crippen molar-refractivity contribution in [2.75, 3.05) is 23.3 Å². The molecule has 4 aromatic rings. The van der Waals surface area contributed by atoms with Gasteiger partial charge in [-0.3, -0.25) is 9.69 Å². The number of rotatable bonds is 5. The van der Waals surface area contributed by atoms with Crippen molar-refractivity contribution in [1.29, 1.82) is 0 Å². The number of anilines is 3. The summed E-state index contributed by atoms with van der Waals surface area (Å²) in [4.78, 5) is 33.1. The van der Waals surface area contributed by atoms with E-state index in [9.17, 15) is 4.79 Å². The zero-order valence-corrected chi connectivity index (χ0v) is 18.4. The lowest BCUT2D eigenvalue weighted by molar-refractivity contribution is 0.0971. The lowest BCUT2D eigenvalue weighted by atomic mass is 10.0. The molecule has 0 bridgehead atoms. The second-order valence-corrected chi connectivity index (χ2v) is 8.11. The maximum absolute atomic E-state index is 13.8. The van der Waals surface area contributed by atoms with Crippen LogP contribution in [0.2, 0.25) is 0 Å². The van der Waals surface area contributed by atoms with Crippen molar-refractivity contribution in [3.63, 3.8) is 0 Å². The van der Waals surface area contributed by atoms with Crippen LogP contribution in [-0.2, 0) is 0 Å². The molecular formula is C25H25N7O. The van der Waals surface area contributed by atoms with E-state index in [2.05, 4.69) is 44.6 Å². The maximum atomic E-state index is 13.8.